The highest BCUT2D eigenvalue weighted by molar-refractivity contribution is 9.10. The monoisotopic (exact) mass is 332 g/mol. The summed E-state index contributed by atoms with van der Waals surface area (Å²) < 4.78 is 0.947. The van der Waals surface area contributed by atoms with Gasteiger partial charge in [-0.15, -0.1) is 0 Å². The van der Waals surface area contributed by atoms with Gasteiger partial charge in [0.05, 0.1) is 0 Å². The van der Waals surface area contributed by atoms with Gasteiger partial charge in [-0.25, -0.2) is 0 Å². The summed E-state index contributed by atoms with van der Waals surface area (Å²) >= 11 is 3.51. The van der Waals surface area contributed by atoms with Crippen LogP contribution in [0.3, 0.4) is 0 Å². The lowest BCUT2D eigenvalue weighted by molar-refractivity contribution is 0.0658. The topological polar surface area (TPSA) is 32.3 Å². The van der Waals surface area contributed by atoms with E-state index in [4.69, 9.17) is 0 Å². The minimum atomic E-state index is 0.122. The number of carbonyl (C=O) groups is 1. The molecule has 1 fully saturated rings. The molecule has 1 aliphatic rings. The minimum Gasteiger partial charge on any atom is -0.333 e. The van der Waals surface area contributed by atoms with Crippen molar-refractivity contribution in [2.75, 3.05) is 19.6 Å². The van der Waals surface area contributed by atoms with E-state index >= 15 is 0 Å². The quantitative estimate of drug-likeness (QED) is 0.870. The average molecular weight is 333 g/mol. The molecule has 0 spiro atoms. The van der Waals surface area contributed by atoms with Gasteiger partial charge in [0, 0.05) is 35.7 Å². The third-order valence-electron chi connectivity index (χ3n) is 3.82. The van der Waals surface area contributed by atoms with Crippen LogP contribution >= 0.6 is 15.9 Å². The molecule has 0 unspecified atom stereocenters. The predicted octanol–water partition coefficient (Wildman–Crippen LogP) is 3.04. The SMILES string of the molecule is C[C@H]1CNCCN1C(=O)c1cc(Br)cc2ccccc12. The molecule has 0 aromatic heterocycles. The van der Waals surface area contributed by atoms with E-state index < -0.39 is 0 Å². The van der Waals surface area contributed by atoms with E-state index in [0.29, 0.717) is 0 Å². The van der Waals surface area contributed by atoms with Crippen molar-refractivity contribution in [1.29, 1.82) is 0 Å². The fraction of sp³-hybridized carbons (Fsp3) is 0.312. The Bertz CT molecular complexity index is 656. The molecule has 1 heterocycles. The van der Waals surface area contributed by atoms with Crippen molar-refractivity contribution < 1.29 is 4.79 Å². The summed E-state index contributed by atoms with van der Waals surface area (Å²) in [5.74, 6) is 0.122. The van der Waals surface area contributed by atoms with Gasteiger partial charge in [-0.3, -0.25) is 4.79 Å². The van der Waals surface area contributed by atoms with Gasteiger partial charge in [0.1, 0.15) is 0 Å². The molecule has 104 valence electrons. The standard InChI is InChI=1S/C16H17BrN2O/c1-11-10-18-6-7-19(11)16(20)15-9-13(17)8-12-4-2-3-5-14(12)15/h2-5,8-9,11,18H,6-7,10H2,1H3/t11-/m0/s1. The first kappa shape index (κ1) is 13.6. The highest BCUT2D eigenvalue weighted by Crippen LogP contribution is 2.26. The first-order chi connectivity index (χ1) is 9.66. The van der Waals surface area contributed by atoms with Gasteiger partial charge in [0.2, 0.25) is 0 Å². The number of nitrogens with zero attached hydrogens (tertiary/aromatic N) is 1. The van der Waals surface area contributed by atoms with Crippen molar-refractivity contribution in [3.8, 4) is 0 Å². The Morgan fingerprint density at radius 2 is 2.15 bits per heavy atom. The summed E-state index contributed by atoms with van der Waals surface area (Å²) in [5.41, 5.74) is 0.781. The number of halogens is 1. The van der Waals surface area contributed by atoms with Crippen LogP contribution in [0.1, 0.15) is 17.3 Å². The van der Waals surface area contributed by atoms with Crippen LogP contribution in [-0.2, 0) is 0 Å². The summed E-state index contributed by atoms with van der Waals surface area (Å²) in [6.45, 7) is 4.57. The lowest BCUT2D eigenvalue weighted by atomic mass is 10.0. The van der Waals surface area contributed by atoms with Crippen LogP contribution in [0.2, 0.25) is 0 Å². The molecule has 2 aromatic rings. The van der Waals surface area contributed by atoms with E-state index in [1.807, 2.05) is 41.3 Å². The zero-order valence-electron chi connectivity index (χ0n) is 11.4. The van der Waals surface area contributed by atoms with Crippen LogP contribution in [0.4, 0.5) is 0 Å². The number of benzene rings is 2. The average Bonchev–Trinajstić information content (AvgIpc) is 2.46. The van der Waals surface area contributed by atoms with Crippen LogP contribution in [0.25, 0.3) is 10.8 Å². The Labute approximate surface area is 127 Å². The summed E-state index contributed by atoms with van der Waals surface area (Å²) in [5, 5.41) is 5.43. The molecule has 1 N–H and O–H groups in total. The molecule has 0 aliphatic carbocycles. The number of nitrogens with one attached hydrogen (secondary N) is 1. The van der Waals surface area contributed by atoms with Gasteiger partial charge in [-0.1, -0.05) is 40.2 Å². The number of amides is 1. The van der Waals surface area contributed by atoms with E-state index in [1.54, 1.807) is 0 Å². The van der Waals surface area contributed by atoms with E-state index in [2.05, 4.69) is 28.2 Å². The summed E-state index contributed by atoms with van der Waals surface area (Å²) in [6.07, 6.45) is 0. The Hall–Kier alpha value is -1.39. The number of carbonyl (C=O) groups excluding carboxylic acids is 1. The maximum absolute atomic E-state index is 12.9. The molecule has 1 amide bonds. The molecular weight excluding hydrogens is 316 g/mol. The second kappa shape index (κ2) is 5.54. The largest absolute Gasteiger partial charge is 0.333 e. The highest BCUT2D eigenvalue weighted by Gasteiger charge is 2.25. The normalized spacial score (nSPS) is 19.3. The Balaban J connectivity index is 2.06. The minimum absolute atomic E-state index is 0.122. The molecule has 4 heteroatoms. The van der Waals surface area contributed by atoms with Gasteiger partial charge in [-0.05, 0) is 29.8 Å². The second-order valence-corrected chi connectivity index (χ2v) is 6.14. The Morgan fingerprint density at radius 1 is 1.35 bits per heavy atom. The Kier molecular flexibility index (Phi) is 3.76. The molecule has 2 aromatic carbocycles. The van der Waals surface area contributed by atoms with E-state index in [1.165, 1.54) is 0 Å². The van der Waals surface area contributed by atoms with Gasteiger partial charge in [0.25, 0.3) is 5.91 Å². The number of rotatable bonds is 1. The molecule has 1 atom stereocenters. The second-order valence-electron chi connectivity index (χ2n) is 5.23. The molecule has 3 rings (SSSR count). The summed E-state index contributed by atoms with van der Waals surface area (Å²) in [7, 11) is 0. The lowest BCUT2D eigenvalue weighted by Gasteiger charge is -2.34. The van der Waals surface area contributed by atoms with Crippen molar-refractivity contribution in [2.45, 2.75) is 13.0 Å². The fourth-order valence-electron chi connectivity index (χ4n) is 2.75. The maximum Gasteiger partial charge on any atom is 0.254 e. The molecule has 0 radical (unpaired) electrons. The van der Waals surface area contributed by atoms with E-state index in [-0.39, 0.29) is 11.9 Å². The summed E-state index contributed by atoms with van der Waals surface area (Å²) in [6, 6.07) is 12.2. The van der Waals surface area contributed by atoms with Crippen molar-refractivity contribution >= 4 is 32.6 Å². The Morgan fingerprint density at radius 3 is 2.95 bits per heavy atom. The zero-order valence-corrected chi connectivity index (χ0v) is 13.0. The van der Waals surface area contributed by atoms with Crippen LogP contribution in [0.15, 0.2) is 40.9 Å². The van der Waals surface area contributed by atoms with Crippen LogP contribution < -0.4 is 5.32 Å². The third-order valence-corrected chi connectivity index (χ3v) is 4.28. The first-order valence-corrected chi connectivity index (χ1v) is 7.66. The van der Waals surface area contributed by atoms with Gasteiger partial charge in [-0.2, -0.15) is 0 Å². The smallest absolute Gasteiger partial charge is 0.254 e. The zero-order chi connectivity index (χ0) is 14.1. The van der Waals surface area contributed by atoms with E-state index in [0.717, 1.165) is 40.4 Å². The molecule has 20 heavy (non-hydrogen) atoms. The summed E-state index contributed by atoms with van der Waals surface area (Å²) in [4.78, 5) is 14.8. The molecule has 0 saturated carbocycles. The van der Waals surface area contributed by atoms with Crippen LogP contribution in [-0.4, -0.2) is 36.5 Å². The molecule has 1 aliphatic heterocycles. The van der Waals surface area contributed by atoms with Crippen molar-refractivity contribution in [3.63, 3.8) is 0 Å². The number of piperazine rings is 1. The van der Waals surface area contributed by atoms with Gasteiger partial charge < -0.3 is 10.2 Å². The van der Waals surface area contributed by atoms with Crippen molar-refractivity contribution in [2.24, 2.45) is 0 Å². The van der Waals surface area contributed by atoms with Gasteiger partial charge >= 0.3 is 0 Å². The molecule has 0 bridgehead atoms. The van der Waals surface area contributed by atoms with Crippen molar-refractivity contribution in [3.05, 3.63) is 46.4 Å². The third kappa shape index (κ3) is 2.45. The number of hydrogen-bond acceptors (Lipinski definition) is 2. The number of hydrogen-bond donors (Lipinski definition) is 1. The van der Waals surface area contributed by atoms with Gasteiger partial charge in [0.15, 0.2) is 0 Å². The molecule has 1 saturated heterocycles. The van der Waals surface area contributed by atoms with E-state index in [9.17, 15) is 4.79 Å². The number of fused-ring (bicyclic) bond motifs is 1. The maximum atomic E-state index is 12.9. The highest BCUT2D eigenvalue weighted by atomic mass is 79.9. The lowest BCUT2D eigenvalue weighted by Crippen LogP contribution is -2.52. The van der Waals surface area contributed by atoms with Crippen molar-refractivity contribution in [1.82, 2.24) is 10.2 Å². The van der Waals surface area contributed by atoms with Crippen LogP contribution in [0.5, 0.6) is 0 Å². The molecular formula is C16H17BrN2O. The fourth-order valence-corrected chi connectivity index (χ4v) is 3.22. The van der Waals surface area contributed by atoms with Crippen LogP contribution in [0, 0.1) is 0 Å². The first-order valence-electron chi connectivity index (χ1n) is 6.87. The predicted molar refractivity (Wildman–Crippen MR) is 85.0 cm³/mol. The molecule has 3 nitrogen and oxygen atoms in total.